The molecule has 5 nitrogen and oxygen atoms in total. The number of anilines is 1. The smallest absolute Gasteiger partial charge is 0.261 e. The summed E-state index contributed by atoms with van der Waals surface area (Å²) in [6.07, 6.45) is 0. The molecular formula is C24H26N2O3S. The van der Waals surface area contributed by atoms with Crippen LogP contribution in [0.3, 0.4) is 0 Å². The standard InChI is InChI=1S/C24H26N2O3S/c1-17-8-12-20(13-9-17)16-26(4)24(27)22-6-5-7-23(19(22)3)25-30(28,29)21-14-10-18(2)11-15-21/h5-15,25H,16H2,1-4H3. The zero-order valence-corrected chi connectivity index (χ0v) is 18.5. The number of hydrogen-bond donors (Lipinski definition) is 1. The second-order valence-corrected chi connectivity index (χ2v) is 9.23. The molecule has 0 aliphatic heterocycles. The van der Waals surface area contributed by atoms with Gasteiger partial charge in [0.1, 0.15) is 0 Å². The van der Waals surface area contributed by atoms with Crippen molar-refractivity contribution in [2.24, 2.45) is 0 Å². The Morgan fingerprint density at radius 3 is 2.03 bits per heavy atom. The third kappa shape index (κ3) is 4.89. The Labute approximate surface area is 178 Å². The highest BCUT2D eigenvalue weighted by Crippen LogP contribution is 2.24. The van der Waals surface area contributed by atoms with E-state index in [9.17, 15) is 13.2 Å². The van der Waals surface area contributed by atoms with E-state index in [1.165, 1.54) is 0 Å². The summed E-state index contributed by atoms with van der Waals surface area (Å²) in [6.45, 7) is 6.14. The van der Waals surface area contributed by atoms with E-state index in [4.69, 9.17) is 0 Å². The fraction of sp³-hybridized carbons (Fsp3) is 0.208. The van der Waals surface area contributed by atoms with E-state index in [0.717, 1.165) is 16.7 Å². The van der Waals surface area contributed by atoms with Crippen molar-refractivity contribution in [3.8, 4) is 0 Å². The molecule has 3 rings (SSSR count). The third-order valence-electron chi connectivity index (χ3n) is 5.03. The summed E-state index contributed by atoms with van der Waals surface area (Å²) >= 11 is 0. The van der Waals surface area contributed by atoms with E-state index >= 15 is 0 Å². The molecule has 1 N–H and O–H groups in total. The zero-order chi connectivity index (χ0) is 21.9. The molecule has 0 aromatic heterocycles. The van der Waals surface area contributed by atoms with Crippen LogP contribution in [-0.4, -0.2) is 26.3 Å². The highest BCUT2D eigenvalue weighted by Gasteiger charge is 2.20. The Morgan fingerprint density at radius 2 is 1.43 bits per heavy atom. The first kappa shape index (κ1) is 21.6. The number of hydrogen-bond acceptors (Lipinski definition) is 3. The molecule has 0 atom stereocenters. The van der Waals surface area contributed by atoms with Crippen molar-refractivity contribution in [2.45, 2.75) is 32.2 Å². The van der Waals surface area contributed by atoms with E-state index in [1.54, 1.807) is 61.3 Å². The van der Waals surface area contributed by atoms with Crippen LogP contribution in [0.15, 0.2) is 71.6 Å². The van der Waals surface area contributed by atoms with Crippen molar-refractivity contribution in [3.63, 3.8) is 0 Å². The molecule has 0 spiro atoms. The number of amides is 1. The zero-order valence-electron chi connectivity index (χ0n) is 17.6. The number of nitrogens with zero attached hydrogens (tertiary/aromatic N) is 1. The molecule has 0 saturated carbocycles. The van der Waals surface area contributed by atoms with E-state index < -0.39 is 10.0 Å². The molecular weight excluding hydrogens is 396 g/mol. The monoisotopic (exact) mass is 422 g/mol. The van der Waals surface area contributed by atoms with Crippen molar-refractivity contribution in [1.82, 2.24) is 4.90 Å². The van der Waals surface area contributed by atoms with Gasteiger partial charge >= 0.3 is 0 Å². The van der Waals surface area contributed by atoms with Crippen LogP contribution < -0.4 is 4.72 Å². The number of nitrogens with one attached hydrogen (secondary N) is 1. The van der Waals surface area contributed by atoms with Gasteiger partial charge in [0.05, 0.1) is 10.6 Å². The van der Waals surface area contributed by atoms with Gasteiger partial charge < -0.3 is 4.90 Å². The van der Waals surface area contributed by atoms with Gasteiger partial charge in [0.15, 0.2) is 0 Å². The maximum atomic E-state index is 13.0. The number of rotatable bonds is 6. The van der Waals surface area contributed by atoms with E-state index in [-0.39, 0.29) is 10.8 Å². The number of sulfonamides is 1. The summed E-state index contributed by atoms with van der Waals surface area (Å²) in [5.74, 6) is -0.163. The Hall–Kier alpha value is -3.12. The summed E-state index contributed by atoms with van der Waals surface area (Å²) in [5, 5.41) is 0. The fourth-order valence-corrected chi connectivity index (χ4v) is 4.27. The Balaban J connectivity index is 1.82. The van der Waals surface area contributed by atoms with E-state index in [0.29, 0.717) is 23.4 Å². The van der Waals surface area contributed by atoms with Gasteiger partial charge in [-0.15, -0.1) is 0 Å². The molecule has 3 aromatic rings. The van der Waals surface area contributed by atoms with Crippen molar-refractivity contribution in [2.75, 3.05) is 11.8 Å². The van der Waals surface area contributed by atoms with Crippen LogP contribution in [0.2, 0.25) is 0 Å². The fourth-order valence-electron chi connectivity index (χ4n) is 3.14. The molecule has 6 heteroatoms. The number of benzene rings is 3. The quantitative estimate of drug-likeness (QED) is 0.627. The second kappa shape index (κ2) is 8.71. The van der Waals surface area contributed by atoms with Crippen LogP contribution in [0, 0.1) is 20.8 Å². The molecule has 156 valence electrons. The predicted molar refractivity (Wildman–Crippen MR) is 120 cm³/mol. The minimum absolute atomic E-state index is 0.163. The van der Waals surface area contributed by atoms with Gasteiger partial charge in [-0.1, -0.05) is 53.6 Å². The number of carbonyl (C=O) groups excluding carboxylic acids is 1. The van der Waals surface area contributed by atoms with E-state index in [2.05, 4.69) is 4.72 Å². The van der Waals surface area contributed by atoms with Crippen LogP contribution in [0.1, 0.15) is 32.6 Å². The Kier molecular flexibility index (Phi) is 6.27. The Bertz CT molecular complexity index is 1150. The van der Waals surface area contributed by atoms with Gasteiger partial charge in [-0.3, -0.25) is 9.52 Å². The molecule has 0 saturated heterocycles. The average molecular weight is 423 g/mol. The molecule has 1 amide bonds. The van der Waals surface area contributed by atoms with Gasteiger partial charge in [-0.2, -0.15) is 0 Å². The van der Waals surface area contributed by atoms with Gasteiger partial charge in [0.2, 0.25) is 0 Å². The van der Waals surface area contributed by atoms with Crippen LogP contribution in [0.4, 0.5) is 5.69 Å². The molecule has 0 aliphatic rings. The van der Waals surface area contributed by atoms with Crippen LogP contribution in [-0.2, 0) is 16.6 Å². The van der Waals surface area contributed by atoms with Crippen molar-refractivity contribution < 1.29 is 13.2 Å². The number of aryl methyl sites for hydroxylation is 2. The molecule has 3 aromatic carbocycles. The van der Waals surface area contributed by atoms with Crippen molar-refractivity contribution >= 4 is 21.6 Å². The van der Waals surface area contributed by atoms with Crippen molar-refractivity contribution in [1.29, 1.82) is 0 Å². The molecule has 0 bridgehead atoms. The molecule has 0 fully saturated rings. The summed E-state index contributed by atoms with van der Waals surface area (Å²) < 4.78 is 28.1. The normalized spacial score (nSPS) is 11.2. The highest BCUT2D eigenvalue weighted by atomic mass is 32.2. The SMILES string of the molecule is Cc1ccc(CN(C)C(=O)c2cccc(NS(=O)(=O)c3ccc(C)cc3)c2C)cc1. The van der Waals surface area contributed by atoms with Crippen LogP contribution in [0.5, 0.6) is 0 Å². The minimum atomic E-state index is -3.74. The minimum Gasteiger partial charge on any atom is -0.337 e. The lowest BCUT2D eigenvalue weighted by Crippen LogP contribution is -2.27. The van der Waals surface area contributed by atoms with Gasteiger partial charge in [0.25, 0.3) is 15.9 Å². The van der Waals surface area contributed by atoms with Crippen LogP contribution in [0.25, 0.3) is 0 Å². The molecule has 0 radical (unpaired) electrons. The molecule has 0 heterocycles. The largest absolute Gasteiger partial charge is 0.337 e. The van der Waals surface area contributed by atoms with E-state index in [1.807, 2.05) is 38.1 Å². The summed E-state index contributed by atoms with van der Waals surface area (Å²) in [7, 11) is -2.00. The van der Waals surface area contributed by atoms with Gasteiger partial charge in [-0.25, -0.2) is 8.42 Å². The third-order valence-corrected chi connectivity index (χ3v) is 6.41. The van der Waals surface area contributed by atoms with Gasteiger partial charge in [0, 0.05) is 19.2 Å². The molecule has 0 aliphatic carbocycles. The van der Waals surface area contributed by atoms with Crippen molar-refractivity contribution in [3.05, 3.63) is 94.5 Å². The molecule has 30 heavy (non-hydrogen) atoms. The summed E-state index contributed by atoms with van der Waals surface area (Å²) in [5.41, 5.74) is 4.63. The predicted octanol–water partition coefficient (Wildman–Crippen LogP) is 4.68. The average Bonchev–Trinajstić information content (AvgIpc) is 2.71. The topological polar surface area (TPSA) is 66.5 Å². The maximum absolute atomic E-state index is 13.0. The lowest BCUT2D eigenvalue weighted by molar-refractivity contribution is 0.0784. The summed E-state index contributed by atoms with van der Waals surface area (Å²) in [4.78, 5) is 14.8. The van der Waals surface area contributed by atoms with Gasteiger partial charge in [-0.05, 0) is 56.2 Å². The first-order chi connectivity index (χ1) is 14.2. The second-order valence-electron chi connectivity index (χ2n) is 7.54. The maximum Gasteiger partial charge on any atom is 0.261 e. The summed E-state index contributed by atoms with van der Waals surface area (Å²) in [6, 6.07) is 19.7. The first-order valence-electron chi connectivity index (χ1n) is 9.67. The van der Waals surface area contributed by atoms with Crippen LogP contribution >= 0.6 is 0 Å². The molecule has 0 unspecified atom stereocenters. The first-order valence-corrected chi connectivity index (χ1v) is 11.2. The number of carbonyl (C=O) groups is 1. The highest BCUT2D eigenvalue weighted by molar-refractivity contribution is 7.92. The Morgan fingerprint density at radius 1 is 0.867 bits per heavy atom. The lowest BCUT2D eigenvalue weighted by atomic mass is 10.1. The lowest BCUT2D eigenvalue weighted by Gasteiger charge is -2.20.